The van der Waals surface area contributed by atoms with Crippen molar-refractivity contribution in [2.75, 3.05) is 19.1 Å². The Labute approximate surface area is 141 Å². The molecule has 0 bridgehead atoms. The number of hydrogen-bond donors (Lipinski definition) is 0. The van der Waals surface area contributed by atoms with Gasteiger partial charge in [-0.3, -0.25) is 0 Å². The number of fused-ring (bicyclic) bond motifs is 1. The first-order chi connectivity index (χ1) is 11.5. The Balaban J connectivity index is 1.99. The Morgan fingerprint density at radius 2 is 2.12 bits per heavy atom. The van der Waals surface area contributed by atoms with Gasteiger partial charge < -0.3 is 14.4 Å². The molecule has 0 saturated heterocycles. The lowest BCUT2D eigenvalue weighted by Crippen LogP contribution is -2.27. The highest BCUT2D eigenvalue weighted by molar-refractivity contribution is 5.89. The number of nitriles is 1. The summed E-state index contributed by atoms with van der Waals surface area (Å²) in [6.07, 6.45) is 8.41. The summed E-state index contributed by atoms with van der Waals surface area (Å²) >= 11 is 0. The van der Waals surface area contributed by atoms with E-state index in [0.29, 0.717) is 23.3 Å². The van der Waals surface area contributed by atoms with Crippen LogP contribution in [0.15, 0.2) is 53.9 Å². The molecule has 1 aromatic rings. The van der Waals surface area contributed by atoms with Crippen molar-refractivity contribution in [2.24, 2.45) is 5.41 Å². The maximum absolute atomic E-state index is 11.8. The Morgan fingerprint density at radius 1 is 1.33 bits per heavy atom. The van der Waals surface area contributed by atoms with Crippen LogP contribution >= 0.6 is 0 Å². The first kappa shape index (κ1) is 15.9. The summed E-state index contributed by atoms with van der Waals surface area (Å²) in [6.45, 7) is 2.09. The fraction of sp³-hybridized carbons (Fsp3) is 0.263. The first-order valence-corrected chi connectivity index (χ1v) is 7.59. The second kappa shape index (κ2) is 5.89. The molecule has 1 unspecified atom stereocenters. The van der Waals surface area contributed by atoms with Crippen LogP contribution < -0.4 is 9.64 Å². The van der Waals surface area contributed by atoms with Crippen LogP contribution in [0.3, 0.4) is 0 Å². The molecular weight excluding hydrogens is 304 g/mol. The summed E-state index contributed by atoms with van der Waals surface area (Å²) < 4.78 is 10.1. The zero-order valence-electron chi connectivity index (χ0n) is 13.9. The SMILES string of the molecule is COC(=O)C1=CC=C2N(c3ccc(C#N)c(OC)c3)C=CC2(C)C1. The fourth-order valence-corrected chi connectivity index (χ4v) is 3.15. The predicted molar refractivity (Wildman–Crippen MR) is 90.2 cm³/mol. The number of methoxy groups -OCH3 is 2. The van der Waals surface area contributed by atoms with Crippen LogP contribution in [0.2, 0.25) is 0 Å². The third kappa shape index (κ3) is 2.46. The summed E-state index contributed by atoms with van der Waals surface area (Å²) in [5.74, 6) is 0.248. The lowest BCUT2D eigenvalue weighted by atomic mass is 9.78. The summed E-state index contributed by atoms with van der Waals surface area (Å²) in [7, 11) is 2.94. The molecule has 24 heavy (non-hydrogen) atoms. The molecule has 0 radical (unpaired) electrons. The Bertz CT molecular complexity index is 830. The van der Waals surface area contributed by atoms with E-state index < -0.39 is 0 Å². The molecule has 1 aliphatic heterocycles. The van der Waals surface area contributed by atoms with Gasteiger partial charge >= 0.3 is 5.97 Å². The third-order valence-corrected chi connectivity index (χ3v) is 4.47. The van der Waals surface area contributed by atoms with Crippen molar-refractivity contribution < 1.29 is 14.3 Å². The highest BCUT2D eigenvalue weighted by Gasteiger charge is 2.39. The predicted octanol–water partition coefficient (Wildman–Crippen LogP) is 3.29. The lowest BCUT2D eigenvalue weighted by molar-refractivity contribution is -0.136. The fourth-order valence-electron chi connectivity index (χ4n) is 3.15. The number of allylic oxidation sites excluding steroid dienone is 3. The van der Waals surface area contributed by atoms with E-state index in [0.717, 1.165) is 11.4 Å². The highest BCUT2D eigenvalue weighted by atomic mass is 16.5. The van der Waals surface area contributed by atoms with Gasteiger partial charge in [-0.2, -0.15) is 5.26 Å². The number of anilines is 1. The standard InChI is InChI=1S/C19H18N2O3/c1-19-8-9-21(15-6-4-14(12-20)16(10-15)23-2)17(19)7-5-13(11-19)18(22)24-3/h4-10H,11H2,1-3H3. The number of benzene rings is 1. The summed E-state index contributed by atoms with van der Waals surface area (Å²) in [6, 6.07) is 7.59. The molecule has 122 valence electrons. The van der Waals surface area contributed by atoms with Gasteiger partial charge in [0.05, 0.1) is 19.8 Å². The summed E-state index contributed by atoms with van der Waals surface area (Å²) in [5, 5.41) is 9.12. The first-order valence-electron chi connectivity index (χ1n) is 7.59. The zero-order chi connectivity index (χ0) is 17.3. The third-order valence-electron chi connectivity index (χ3n) is 4.47. The summed E-state index contributed by atoms with van der Waals surface area (Å²) in [5.41, 5.74) is 2.87. The van der Waals surface area contributed by atoms with E-state index >= 15 is 0 Å². The maximum atomic E-state index is 11.8. The molecule has 1 atom stereocenters. The molecule has 5 heteroatoms. The number of rotatable bonds is 3. The van der Waals surface area contributed by atoms with Gasteiger partial charge in [0.2, 0.25) is 0 Å². The van der Waals surface area contributed by atoms with Crippen LogP contribution in [-0.2, 0) is 9.53 Å². The van der Waals surface area contributed by atoms with Crippen molar-refractivity contribution in [3.63, 3.8) is 0 Å². The van der Waals surface area contributed by atoms with Crippen molar-refractivity contribution in [1.29, 1.82) is 5.26 Å². The van der Waals surface area contributed by atoms with Crippen LogP contribution in [0.25, 0.3) is 0 Å². The van der Waals surface area contributed by atoms with E-state index in [4.69, 9.17) is 14.7 Å². The Kier molecular flexibility index (Phi) is 3.90. The molecule has 0 fully saturated rings. The van der Waals surface area contributed by atoms with Gasteiger partial charge in [0, 0.05) is 34.6 Å². The van der Waals surface area contributed by atoms with E-state index in [2.05, 4.69) is 19.1 Å². The van der Waals surface area contributed by atoms with Gasteiger partial charge in [0.25, 0.3) is 0 Å². The molecule has 0 spiro atoms. The van der Waals surface area contributed by atoms with E-state index in [1.807, 2.05) is 35.4 Å². The van der Waals surface area contributed by atoms with E-state index in [9.17, 15) is 4.79 Å². The van der Waals surface area contributed by atoms with Crippen LogP contribution in [0.5, 0.6) is 5.75 Å². The van der Waals surface area contributed by atoms with Crippen LogP contribution in [0, 0.1) is 16.7 Å². The molecule has 2 aliphatic rings. The van der Waals surface area contributed by atoms with Crippen molar-refractivity contribution >= 4 is 11.7 Å². The van der Waals surface area contributed by atoms with E-state index in [1.54, 1.807) is 13.2 Å². The molecule has 3 rings (SSSR count). The highest BCUT2D eigenvalue weighted by Crippen LogP contribution is 2.47. The second-order valence-electron chi connectivity index (χ2n) is 6.01. The van der Waals surface area contributed by atoms with Crippen LogP contribution in [-0.4, -0.2) is 20.2 Å². The van der Waals surface area contributed by atoms with Gasteiger partial charge in [-0.1, -0.05) is 13.0 Å². The molecule has 0 N–H and O–H groups in total. The van der Waals surface area contributed by atoms with Gasteiger partial charge in [-0.15, -0.1) is 0 Å². The van der Waals surface area contributed by atoms with Gasteiger partial charge in [0.15, 0.2) is 0 Å². The number of ether oxygens (including phenoxy) is 2. The van der Waals surface area contributed by atoms with Gasteiger partial charge in [-0.05, 0) is 30.7 Å². The second-order valence-corrected chi connectivity index (χ2v) is 6.01. The minimum absolute atomic E-state index is 0.264. The molecular formula is C19H18N2O3. The van der Waals surface area contributed by atoms with Crippen molar-refractivity contribution in [2.45, 2.75) is 13.3 Å². The van der Waals surface area contributed by atoms with E-state index in [1.165, 1.54) is 7.11 Å². The number of carbonyl (C=O) groups is 1. The smallest absolute Gasteiger partial charge is 0.333 e. The number of hydrogen-bond acceptors (Lipinski definition) is 5. The average Bonchev–Trinajstić information content (AvgIpc) is 2.96. The molecule has 0 amide bonds. The van der Waals surface area contributed by atoms with Crippen molar-refractivity contribution in [3.8, 4) is 11.8 Å². The minimum atomic E-state index is -0.293. The average molecular weight is 322 g/mol. The Hall–Kier alpha value is -3.00. The summed E-state index contributed by atoms with van der Waals surface area (Å²) in [4.78, 5) is 13.8. The normalized spacial score (nSPS) is 21.5. The Morgan fingerprint density at radius 3 is 2.79 bits per heavy atom. The van der Waals surface area contributed by atoms with Gasteiger partial charge in [-0.25, -0.2) is 4.79 Å². The quantitative estimate of drug-likeness (QED) is 0.799. The topological polar surface area (TPSA) is 62.6 Å². The minimum Gasteiger partial charge on any atom is -0.495 e. The largest absolute Gasteiger partial charge is 0.495 e. The zero-order valence-corrected chi connectivity index (χ0v) is 13.9. The molecule has 5 nitrogen and oxygen atoms in total. The monoisotopic (exact) mass is 322 g/mol. The number of nitrogens with zero attached hydrogens (tertiary/aromatic N) is 2. The maximum Gasteiger partial charge on any atom is 0.333 e. The molecule has 0 saturated carbocycles. The lowest BCUT2D eigenvalue weighted by Gasteiger charge is -2.32. The van der Waals surface area contributed by atoms with Crippen LogP contribution in [0.4, 0.5) is 5.69 Å². The number of esters is 1. The van der Waals surface area contributed by atoms with Crippen molar-refractivity contribution in [3.05, 3.63) is 59.5 Å². The van der Waals surface area contributed by atoms with Crippen LogP contribution in [0.1, 0.15) is 18.9 Å². The molecule has 1 heterocycles. The van der Waals surface area contributed by atoms with Crippen molar-refractivity contribution in [1.82, 2.24) is 0 Å². The number of carbonyl (C=O) groups excluding carboxylic acids is 1. The molecule has 1 aromatic carbocycles. The molecule has 0 aromatic heterocycles. The molecule has 1 aliphatic carbocycles. The van der Waals surface area contributed by atoms with E-state index in [-0.39, 0.29) is 11.4 Å². The van der Waals surface area contributed by atoms with Gasteiger partial charge in [0.1, 0.15) is 11.8 Å².